The van der Waals surface area contributed by atoms with Crippen LogP contribution in [0, 0.1) is 0 Å². The predicted octanol–water partition coefficient (Wildman–Crippen LogP) is 10.6. The molecule has 0 aliphatic carbocycles. The number of aliphatic carboxylic acids is 1. The first kappa shape index (κ1) is 52.8. The van der Waals surface area contributed by atoms with Crippen molar-refractivity contribution in [2.24, 2.45) is 0 Å². The molecule has 2 atom stereocenters. The molecule has 2 unspecified atom stereocenters. The molecule has 0 spiro atoms. The first-order chi connectivity index (χ1) is 27.1. The van der Waals surface area contributed by atoms with E-state index in [2.05, 4.69) is 32.1 Å². The van der Waals surface area contributed by atoms with E-state index in [9.17, 15) is 19.5 Å². The van der Waals surface area contributed by atoms with Gasteiger partial charge in [-0.1, -0.05) is 164 Å². The van der Waals surface area contributed by atoms with Crippen LogP contribution in [0.5, 0.6) is 0 Å². The van der Waals surface area contributed by atoms with Gasteiger partial charge in [-0.2, -0.15) is 0 Å². The molecule has 0 fully saturated rings. The Kier molecular flexibility index (Phi) is 36.4. The summed E-state index contributed by atoms with van der Waals surface area (Å²) < 4.78 is 17.1. The summed E-state index contributed by atoms with van der Waals surface area (Å²) in [4.78, 5) is 36.8. The lowest BCUT2D eigenvalue weighted by Gasteiger charge is -2.34. The molecule has 0 bridgehead atoms. The SMILES string of the molecule is CC/C=C/C=C/C=C/C=C/C=C/CCCC(=O)OCC(COCCC(C(=O)[O-])[N+](C)(C)C)OC(=O)CCCCCCCCC/C=C/CCCCCCCCCC. The number of likely N-dealkylation sites (N-methyl/N-ethyl adjacent to an activating group) is 1. The highest BCUT2D eigenvalue weighted by Crippen LogP contribution is 2.13. The Bertz CT molecular complexity index is 1140. The number of carboxylic acids is 1. The standard InChI is InChI=1S/C48H81NO7/c1-6-8-10-12-14-16-18-20-21-22-23-24-25-27-29-31-33-35-37-39-47(51)56-44(42-54-41-40-45(48(52)53)49(3,4)5)43-55-46(50)38-36-34-32-30-28-26-19-17-15-13-11-9-7-2/h9,11,13,15,17,19,22-23,26,28,30,32,44-45H,6-8,10,12,14,16,18,20-21,24-25,27,29,31,33-43H2,1-5H3/b11-9+,15-13+,19-17+,23-22+,28-26+,32-30+. The van der Waals surface area contributed by atoms with Crippen LogP contribution in [0.2, 0.25) is 0 Å². The molecular weight excluding hydrogens is 703 g/mol. The molecule has 0 rings (SSSR count). The van der Waals surface area contributed by atoms with Gasteiger partial charge in [0.1, 0.15) is 12.6 Å². The molecule has 56 heavy (non-hydrogen) atoms. The zero-order valence-corrected chi connectivity index (χ0v) is 36.3. The minimum Gasteiger partial charge on any atom is -0.544 e. The first-order valence-electron chi connectivity index (χ1n) is 22.0. The summed E-state index contributed by atoms with van der Waals surface area (Å²) in [5.74, 6) is -1.84. The molecule has 0 aliphatic heterocycles. The lowest BCUT2D eigenvalue weighted by atomic mass is 10.1. The normalized spacial score (nSPS) is 13.7. The molecule has 0 aromatic carbocycles. The van der Waals surface area contributed by atoms with Crippen molar-refractivity contribution in [1.29, 1.82) is 0 Å². The van der Waals surface area contributed by atoms with Gasteiger partial charge in [0.2, 0.25) is 0 Å². The fourth-order valence-electron chi connectivity index (χ4n) is 6.04. The maximum Gasteiger partial charge on any atom is 0.306 e. The van der Waals surface area contributed by atoms with E-state index < -0.39 is 18.1 Å². The van der Waals surface area contributed by atoms with Gasteiger partial charge in [0, 0.05) is 19.3 Å². The molecule has 8 heteroatoms. The molecule has 320 valence electrons. The molecule has 8 nitrogen and oxygen atoms in total. The zero-order valence-electron chi connectivity index (χ0n) is 36.3. The van der Waals surface area contributed by atoms with Crippen LogP contribution >= 0.6 is 0 Å². The summed E-state index contributed by atoms with van der Waals surface area (Å²) in [5, 5.41) is 11.6. The lowest BCUT2D eigenvalue weighted by Crippen LogP contribution is -2.55. The number of hydrogen-bond acceptors (Lipinski definition) is 7. The Hall–Kier alpha value is -3.23. The fourth-order valence-corrected chi connectivity index (χ4v) is 6.04. The van der Waals surface area contributed by atoms with E-state index in [0.717, 1.165) is 32.1 Å². The number of allylic oxidation sites excluding steroid dienone is 12. The average molecular weight is 784 g/mol. The Morgan fingerprint density at radius 1 is 0.554 bits per heavy atom. The van der Waals surface area contributed by atoms with Gasteiger partial charge in [0.05, 0.1) is 40.3 Å². The number of esters is 2. The van der Waals surface area contributed by atoms with Gasteiger partial charge >= 0.3 is 11.9 Å². The maximum absolute atomic E-state index is 12.7. The number of carbonyl (C=O) groups excluding carboxylic acids is 3. The largest absolute Gasteiger partial charge is 0.544 e. The molecule has 0 radical (unpaired) electrons. The average Bonchev–Trinajstić information content (AvgIpc) is 3.15. The summed E-state index contributed by atoms with van der Waals surface area (Å²) >= 11 is 0. The number of unbranched alkanes of at least 4 members (excludes halogenated alkanes) is 16. The summed E-state index contributed by atoms with van der Waals surface area (Å²) in [5.41, 5.74) is 0. The third-order valence-corrected chi connectivity index (χ3v) is 9.45. The van der Waals surface area contributed by atoms with Crippen molar-refractivity contribution in [1.82, 2.24) is 0 Å². The maximum atomic E-state index is 12.7. The number of quaternary nitrogens is 1. The predicted molar refractivity (Wildman–Crippen MR) is 231 cm³/mol. The van der Waals surface area contributed by atoms with Gasteiger partial charge in [-0.25, -0.2) is 0 Å². The second kappa shape index (κ2) is 38.6. The van der Waals surface area contributed by atoms with Crippen LogP contribution in [0.3, 0.4) is 0 Å². The molecule has 0 amide bonds. The van der Waals surface area contributed by atoms with Crippen LogP contribution in [0.25, 0.3) is 0 Å². The van der Waals surface area contributed by atoms with Crippen molar-refractivity contribution in [2.45, 2.75) is 174 Å². The summed E-state index contributed by atoms with van der Waals surface area (Å²) in [7, 11) is 5.37. The highest BCUT2D eigenvalue weighted by molar-refractivity contribution is 5.70. The summed E-state index contributed by atoms with van der Waals surface area (Å²) in [6.45, 7) is 4.42. The molecule has 0 N–H and O–H groups in total. The lowest BCUT2D eigenvalue weighted by molar-refractivity contribution is -0.889. The Balaban J connectivity index is 4.42. The van der Waals surface area contributed by atoms with Crippen LogP contribution in [-0.4, -0.2) is 75.5 Å². The number of ether oxygens (including phenoxy) is 3. The highest BCUT2D eigenvalue weighted by atomic mass is 16.6. The Morgan fingerprint density at radius 2 is 1.04 bits per heavy atom. The van der Waals surface area contributed by atoms with Crippen molar-refractivity contribution in [2.75, 3.05) is 41.0 Å². The highest BCUT2D eigenvalue weighted by Gasteiger charge is 2.25. The van der Waals surface area contributed by atoms with Gasteiger partial charge in [-0.05, 0) is 51.4 Å². The van der Waals surface area contributed by atoms with E-state index in [0.29, 0.717) is 12.8 Å². The minimum absolute atomic E-state index is 0.0130. The third-order valence-electron chi connectivity index (χ3n) is 9.45. The summed E-state index contributed by atoms with van der Waals surface area (Å²) in [6.07, 6.45) is 48.0. The van der Waals surface area contributed by atoms with E-state index in [1.165, 1.54) is 89.9 Å². The van der Waals surface area contributed by atoms with E-state index in [-0.39, 0.29) is 49.1 Å². The fraction of sp³-hybridized carbons (Fsp3) is 0.688. The van der Waals surface area contributed by atoms with E-state index in [1.54, 1.807) is 21.1 Å². The number of rotatable bonds is 38. The molecule has 0 saturated carbocycles. The number of carbonyl (C=O) groups is 3. The second-order valence-electron chi connectivity index (χ2n) is 15.7. The molecule has 0 aromatic heterocycles. The van der Waals surface area contributed by atoms with Crippen LogP contribution < -0.4 is 5.11 Å². The van der Waals surface area contributed by atoms with Crippen LogP contribution in [-0.2, 0) is 28.6 Å². The van der Waals surface area contributed by atoms with Gasteiger partial charge < -0.3 is 28.6 Å². The summed E-state index contributed by atoms with van der Waals surface area (Å²) in [6, 6.07) is -0.740. The quantitative estimate of drug-likeness (QED) is 0.0202. The van der Waals surface area contributed by atoms with Gasteiger partial charge in [0.15, 0.2) is 6.10 Å². The van der Waals surface area contributed by atoms with Crippen LogP contribution in [0.15, 0.2) is 72.9 Å². The van der Waals surface area contributed by atoms with Crippen molar-refractivity contribution in [3.05, 3.63) is 72.9 Å². The topological polar surface area (TPSA) is 102 Å². The molecule has 0 saturated heterocycles. The molecule has 0 heterocycles. The number of hydrogen-bond donors (Lipinski definition) is 0. The first-order valence-corrected chi connectivity index (χ1v) is 22.0. The van der Waals surface area contributed by atoms with E-state index in [4.69, 9.17) is 14.2 Å². The van der Waals surface area contributed by atoms with Crippen LogP contribution in [0.4, 0.5) is 0 Å². The van der Waals surface area contributed by atoms with Crippen molar-refractivity contribution < 1.29 is 38.2 Å². The monoisotopic (exact) mass is 784 g/mol. The van der Waals surface area contributed by atoms with Gasteiger partial charge in [-0.3, -0.25) is 9.59 Å². The van der Waals surface area contributed by atoms with Crippen molar-refractivity contribution in [3.8, 4) is 0 Å². The van der Waals surface area contributed by atoms with E-state index >= 15 is 0 Å². The Labute approximate surface area is 342 Å². The van der Waals surface area contributed by atoms with Crippen molar-refractivity contribution in [3.63, 3.8) is 0 Å². The third kappa shape index (κ3) is 36.4. The van der Waals surface area contributed by atoms with E-state index in [1.807, 2.05) is 54.7 Å². The number of carboxylic acid groups (broad SMARTS) is 1. The number of nitrogens with zero attached hydrogens (tertiary/aromatic N) is 1. The zero-order chi connectivity index (χ0) is 41.4. The van der Waals surface area contributed by atoms with Crippen LogP contribution in [0.1, 0.15) is 162 Å². The smallest absolute Gasteiger partial charge is 0.306 e. The van der Waals surface area contributed by atoms with Gasteiger partial charge in [0.25, 0.3) is 0 Å². The van der Waals surface area contributed by atoms with Gasteiger partial charge in [-0.15, -0.1) is 0 Å². The second-order valence-corrected chi connectivity index (χ2v) is 15.7. The van der Waals surface area contributed by atoms with Crippen molar-refractivity contribution >= 4 is 17.9 Å². The molecule has 0 aromatic rings. The minimum atomic E-state index is -1.14. The molecule has 0 aliphatic rings. The Morgan fingerprint density at radius 3 is 1.57 bits per heavy atom. The molecular formula is C48H81NO7.